The smallest absolute Gasteiger partial charge is 0.250 e. The van der Waals surface area contributed by atoms with Crippen LogP contribution in [0.4, 0.5) is 0 Å². The molecule has 1 aliphatic rings. The minimum atomic E-state index is -0.0699. The van der Waals surface area contributed by atoms with Gasteiger partial charge in [0.1, 0.15) is 5.82 Å². The summed E-state index contributed by atoms with van der Waals surface area (Å²) in [5.74, 6) is 2.06. The summed E-state index contributed by atoms with van der Waals surface area (Å²) in [6.07, 6.45) is 6.46. The number of hydrogen-bond donors (Lipinski definition) is 0. The number of ether oxygens (including phenoxy) is 1. The van der Waals surface area contributed by atoms with Gasteiger partial charge in [-0.05, 0) is 43.5 Å². The molecule has 0 N–H and O–H groups in total. The van der Waals surface area contributed by atoms with Gasteiger partial charge in [0.25, 0.3) is 5.56 Å². The van der Waals surface area contributed by atoms with Gasteiger partial charge in [-0.2, -0.15) is 4.98 Å². The molecule has 0 aromatic carbocycles. The van der Waals surface area contributed by atoms with Crippen LogP contribution in [0.5, 0.6) is 5.88 Å². The van der Waals surface area contributed by atoms with Crippen LogP contribution in [0, 0.1) is 19.8 Å². The molecule has 1 unspecified atom stereocenters. The summed E-state index contributed by atoms with van der Waals surface area (Å²) >= 11 is 0. The molecule has 0 bridgehead atoms. The molecule has 0 aliphatic heterocycles. The van der Waals surface area contributed by atoms with Crippen molar-refractivity contribution in [1.82, 2.24) is 19.5 Å². The van der Waals surface area contributed by atoms with Crippen LogP contribution < -0.4 is 10.3 Å². The Hall–Kier alpha value is -3.02. The maximum absolute atomic E-state index is 12.1. The Kier molecular flexibility index (Phi) is 4.48. The summed E-state index contributed by atoms with van der Waals surface area (Å²) in [5.41, 5.74) is 3.59. The topological polar surface area (TPSA) is 69.9 Å². The zero-order valence-corrected chi connectivity index (χ0v) is 15.7. The summed E-state index contributed by atoms with van der Waals surface area (Å²) in [6, 6.07) is 7.63. The predicted octanol–water partition coefficient (Wildman–Crippen LogP) is 3.04. The average molecular weight is 362 g/mol. The highest BCUT2D eigenvalue weighted by Crippen LogP contribution is 2.46. The fourth-order valence-corrected chi connectivity index (χ4v) is 3.37. The fraction of sp³-hybridized carbons (Fsp3) is 0.333. The molecular formula is C21H22N4O2. The van der Waals surface area contributed by atoms with Gasteiger partial charge in [-0.1, -0.05) is 6.07 Å². The highest BCUT2D eigenvalue weighted by Gasteiger charge is 2.40. The zero-order valence-electron chi connectivity index (χ0n) is 15.7. The van der Waals surface area contributed by atoms with E-state index in [2.05, 4.69) is 21.0 Å². The van der Waals surface area contributed by atoms with Gasteiger partial charge in [-0.15, -0.1) is 0 Å². The van der Waals surface area contributed by atoms with E-state index in [0.29, 0.717) is 30.1 Å². The molecule has 27 heavy (non-hydrogen) atoms. The first-order valence-electron chi connectivity index (χ1n) is 9.08. The number of rotatable bonds is 5. The first-order chi connectivity index (χ1) is 13.0. The van der Waals surface area contributed by atoms with E-state index in [-0.39, 0.29) is 5.56 Å². The Balaban J connectivity index is 1.56. The van der Waals surface area contributed by atoms with Crippen LogP contribution in [0.15, 0.2) is 47.7 Å². The Morgan fingerprint density at radius 2 is 2.07 bits per heavy atom. The lowest BCUT2D eigenvalue weighted by Crippen LogP contribution is -2.16. The third-order valence-electron chi connectivity index (χ3n) is 5.02. The Labute approximate surface area is 157 Å². The molecule has 4 rings (SSSR count). The lowest BCUT2D eigenvalue weighted by atomic mass is 10.1. The molecule has 0 radical (unpaired) electrons. The third-order valence-corrected chi connectivity index (χ3v) is 5.02. The molecular weight excluding hydrogens is 340 g/mol. The van der Waals surface area contributed by atoms with Crippen LogP contribution in [0.3, 0.4) is 0 Å². The van der Waals surface area contributed by atoms with Crippen LogP contribution in [-0.4, -0.2) is 26.1 Å². The van der Waals surface area contributed by atoms with E-state index in [4.69, 9.17) is 4.74 Å². The van der Waals surface area contributed by atoms with Crippen molar-refractivity contribution in [2.24, 2.45) is 13.0 Å². The normalized spacial score (nSPS) is 18.3. The van der Waals surface area contributed by atoms with E-state index < -0.39 is 0 Å². The molecule has 0 amide bonds. The second-order valence-electron chi connectivity index (χ2n) is 7.12. The lowest BCUT2D eigenvalue weighted by molar-refractivity contribution is 0.285. The molecule has 0 saturated heterocycles. The van der Waals surface area contributed by atoms with Crippen molar-refractivity contribution in [2.45, 2.75) is 26.2 Å². The molecule has 138 valence electrons. The van der Waals surface area contributed by atoms with Crippen molar-refractivity contribution < 1.29 is 4.74 Å². The third kappa shape index (κ3) is 3.60. The van der Waals surface area contributed by atoms with Crippen LogP contribution in [-0.2, 0) is 7.05 Å². The second-order valence-corrected chi connectivity index (χ2v) is 7.12. The van der Waals surface area contributed by atoms with Gasteiger partial charge in [0.05, 0.1) is 12.2 Å². The van der Waals surface area contributed by atoms with Crippen molar-refractivity contribution >= 4 is 0 Å². The van der Waals surface area contributed by atoms with E-state index in [1.807, 2.05) is 38.4 Å². The van der Waals surface area contributed by atoms with Crippen molar-refractivity contribution in [3.8, 4) is 17.0 Å². The van der Waals surface area contributed by atoms with E-state index >= 15 is 0 Å². The van der Waals surface area contributed by atoms with Crippen LogP contribution in [0.1, 0.15) is 29.4 Å². The highest BCUT2D eigenvalue weighted by molar-refractivity contribution is 5.70. The number of aromatic nitrogens is 4. The van der Waals surface area contributed by atoms with Crippen molar-refractivity contribution in [1.29, 1.82) is 0 Å². The largest absolute Gasteiger partial charge is 0.477 e. The summed E-state index contributed by atoms with van der Waals surface area (Å²) in [5, 5.41) is 0. The van der Waals surface area contributed by atoms with Gasteiger partial charge in [0, 0.05) is 49.2 Å². The minimum Gasteiger partial charge on any atom is -0.477 e. The maximum atomic E-state index is 12.1. The summed E-state index contributed by atoms with van der Waals surface area (Å²) in [4.78, 5) is 25.3. The van der Waals surface area contributed by atoms with Crippen LogP contribution in [0.2, 0.25) is 0 Å². The molecule has 0 spiro atoms. The van der Waals surface area contributed by atoms with Gasteiger partial charge in [0.15, 0.2) is 0 Å². The van der Waals surface area contributed by atoms with Crippen molar-refractivity contribution in [2.75, 3.05) is 6.61 Å². The Morgan fingerprint density at radius 1 is 1.22 bits per heavy atom. The van der Waals surface area contributed by atoms with Crippen LogP contribution in [0.25, 0.3) is 11.1 Å². The number of hydrogen-bond acceptors (Lipinski definition) is 5. The first kappa shape index (κ1) is 17.4. The predicted molar refractivity (Wildman–Crippen MR) is 103 cm³/mol. The quantitative estimate of drug-likeness (QED) is 0.698. The van der Waals surface area contributed by atoms with E-state index in [1.54, 1.807) is 23.9 Å². The molecule has 3 heterocycles. The molecule has 1 aliphatic carbocycles. The SMILES string of the molecule is Cc1ncc(-c2cc(=O)n(C)cc2C)c(OCC2C[C@H]2c2ccccn2)n1. The number of aryl methyl sites for hydroxylation is 3. The number of nitrogens with zero attached hydrogens (tertiary/aromatic N) is 4. The molecule has 3 aromatic heterocycles. The molecule has 6 heteroatoms. The highest BCUT2D eigenvalue weighted by atomic mass is 16.5. The van der Waals surface area contributed by atoms with Gasteiger partial charge in [-0.25, -0.2) is 4.98 Å². The minimum absolute atomic E-state index is 0.0699. The molecule has 3 aromatic rings. The monoisotopic (exact) mass is 362 g/mol. The summed E-state index contributed by atoms with van der Waals surface area (Å²) in [6.45, 7) is 4.38. The molecule has 6 nitrogen and oxygen atoms in total. The Morgan fingerprint density at radius 3 is 2.85 bits per heavy atom. The van der Waals surface area contributed by atoms with E-state index in [1.165, 1.54) is 0 Å². The number of pyridine rings is 2. The van der Waals surface area contributed by atoms with E-state index in [0.717, 1.165) is 28.8 Å². The standard InChI is InChI=1S/C21H22N4O2/c1-13-11-25(3)20(26)9-16(13)18-10-23-14(2)24-21(18)27-12-15-8-17(15)19-6-4-5-7-22-19/h4-7,9-11,15,17H,8,12H2,1-3H3/t15?,17-/m1/s1. The van der Waals surface area contributed by atoms with Crippen LogP contribution >= 0.6 is 0 Å². The van der Waals surface area contributed by atoms with Gasteiger partial charge >= 0.3 is 0 Å². The summed E-state index contributed by atoms with van der Waals surface area (Å²) in [7, 11) is 1.74. The van der Waals surface area contributed by atoms with Gasteiger partial charge < -0.3 is 9.30 Å². The molecule has 1 saturated carbocycles. The van der Waals surface area contributed by atoms with E-state index in [9.17, 15) is 4.79 Å². The maximum Gasteiger partial charge on any atom is 0.250 e. The first-order valence-corrected chi connectivity index (χ1v) is 9.08. The van der Waals surface area contributed by atoms with Crippen molar-refractivity contribution in [3.63, 3.8) is 0 Å². The van der Waals surface area contributed by atoms with Gasteiger partial charge in [0.2, 0.25) is 5.88 Å². The molecule has 2 atom stereocenters. The molecule has 1 fully saturated rings. The lowest BCUT2D eigenvalue weighted by Gasteiger charge is -2.13. The average Bonchev–Trinajstić information content (AvgIpc) is 3.44. The summed E-state index contributed by atoms with van der Waals surface area (Å²) < 4.78 is 7.65. The van der Waals surface area contributed by atoms with Crippen molar-refractivity contribution in [3.05, 3.63) is 70.3 Å². The second kappa shape index (κ2) is 6.95. The van der Waals surface area contributed by atoms with Gasteiger partial charge in [-0.3, -0.25) is 9.78 Å². The fourth-order valence-electron chi connectivity index (χ4n) is 3.37. The zero-order chi connectivity index (χ0) is 19.0. The Bertz CT molecular complexity index is 1030.